The lowest BCUT2D eigenvalue weighted by atomic mass is 10.2. The first-order valence-corrected chi connectivity index (χ1v) is 5.65. The van der Waals surface area contributed by atoms with Gasteiger partial charge in [-0.1, -0.05) is 0 Å². The maximum atomic E-state index is 12.6. The predicted octanol–water partition coefficient (Wildman–Crippen LogP) is 2.47. The summed E-state index contributed by atoms with van der Waals surface area (Å²) in [5.41, 5.74) is 2.05. The molecular formula is C14H13FN2O2. The van der Waals surface area contributed by atoms with Gasteiger partial charge in [0.2, 0.25) is 5.95 Å². The van der Waals surface area contributed by atoms with E-state index in [1.165, 1.54) is 12.3 Å². The van der Waals surface area contributed by atoms with E-state index in [-0.39, 0.29) is 6.61 Å². The monoisotopic (exact) mass is 260 g/mol. The van der Waals surface area contributed by atoms with Crippen molar-refractivity contribution < 1.29 is 14.2 Å². The number of halogens is 1. The highest BCUT2D eigenvalue weighted by Crippen LogP contribution is 2.23. The smallest absolute Gasteiger partial charge is 0.212 e. The first-order valence-electron chi connectivity index (χ1n) is 5.65. The predicted molar refractivity (Wildman–Crippen MR) is 70.4 cm³/mol. The van der Waals surface area contributed by atoms with Gasteiger partial charge in [0.25, 0.3) is 0 Å². The molecule has 98 valence electrons. The summed E-state index contributed by atoms with van der Waals surface area (Å²) in [6, 6.07) is 8.08. The summed E-state index contributed by atoms with van der Waals surface area (Å²) in [6.45, 7) is -0.0855. The van der Waals surface area contributed by atoms with Crippen LogP contribution in [-0.4, -0.2) is 23.4 Å². The molecule has 1 aromatic carbocycles. The Kier molecular flexibility index (Phi) is 4.20. The number of aliphatic hydroxyl groups is 1. The Hall–Kier alpha value is -2.27. The lowest BCUT2D eigenvalue weighted by molar-refractivity contribution is 0.281. The number of hydrogen-bond donors (Lipinski definition) is 1. The third-order valence-electron chi connectivity index (χ3n) is 2.48. The molecule has 0 atom stereocenters. The Bertz CT molecular complexity index is 560. The van der Waals surface area contributed by atoms with Gasteiger partial charge in [-0.25, -0.2) is 4.98 Å². The third-order valence-corrected chi connectivity index (χ3v) is 2.48. The molecule has 0 spiro atoms. The fourth-order valence-electron chi connectivity index (χ4n) is 1.54. The van der Waals surface area contributed by atoms with E-state index in [0.29, 0.717) is 22.6 Å². The van der Waals surface area contributed by atoms with Crippen LogP contribution in [0.25, 0.3) is 0 Å². The summed E-state index contributed by atoms with van der Waals surface area (Å²) in [5.74, 6) is 0.0945. The molecule has 0 saturated heterocycles. The van der Waals surface area contributed by atoms with Crippen molar-refractivity contribution >= 4 is 11.9 Å². The molecule has 0 radical (unpaired) electrons. The van der Waals surface area contributed by atoms with Crippen LogP contribution in [0.5, 0.6) is 5.75 Å². The van der Waals surface area contributed by atoms with Crippen molar-refractivity contribution in [3.05, 3.63) is 53.6 Å². The van der Waals surface area contributed by atoms with Crippen LogP contribution >= 0.6 is 0 Å². The number of methoxy groups -OCH3 is 1. The maximum absolute atomic E-state index is 12.6. The Morgan fingerprint density at radius 3 is 2.84 bits per heavy atom. The molecule has 19 heavy (non-hydrogen) atoms. The van der Waals surface area contributed by atoms with E-state index in [0.717, 1.165) is 0 Å². The van der Waals surface area contributed by atoms with Gasteiger partial charge in [-0.15, -0.1) is 0 Å². The van der Waals surface area contributed by atoms with Crippen LogP contribution in [0.1, 0.15) is 11.1 Å². The number of aromatic nitrogens is 1. The van der Waals surface area contributed by atoms with Crippen molar-refractivity contribution in [1.29, 1.82) is 0 Å². The summed E-state index contributed by atoms with van der Waals surface area (Å²) in [6.07, 6.45) is 2.97. The molecule has 0 fully saturated rings. The summed E-state index contributed by atoms with van der Waals surface area (Å²) in [7, 11) is 1.55. The Morgan fingerprint density at radius 2 is 2.21 bits per heavy atom. The molecule has 1 N–H and O–H groups in total. The van der Waals surface area contributed by atoms with Crippen LogP contribution in [0.2, 0.25) is 0 Å². The Labute approximate surface area is 110 Å². The number of ether oxygens (including phenoxy) is 1. The normalized spacial score (nSPS) is 10.9. The lowest BCUT2D eigenvalue weighted by Gasteiger charge is -2.04. The van der Waals surface area contributed by atoms with E-state index < -0.39 is 5.95 Å². The number of pyridine rings is 1. The van der Waals surface area contributed by atoms with Gasteiger partial charge in [0, 0.05) is 24.0 Å². The molecule has 5 heteroatoms. The van der Waals surface area contributed by atoms with E-state index in [1.807, 2.05) is 0 Å². The van der Waals surface area contributed by atoms with Gasteiger partial charge in [-0.3, -0.25) is 4.99 Å². The fourth-order valence-corrected chi connectivity index (χ4v) is 1.54. The van der Waals surface area contributed by atoms with Gasteiger partial charge < -0.3 is 9.84 Å². The molecular weight excluding hydrogens is 247 g/mol. The van der Waals surface area contributed by atoms with E-state index in [9.17, 15) is 4.39 Å². The SMILES string of the molecule is COc1cc(CO)cc(/N=C/c2ccc(F)nc2)c1. The van der Waals surface area contributed by atoms with Crippen LogP contribution in [0.15, 0.2) is 41.5 Å². The van der Waals surface area contributed by atoms with E-state index >= 15 is 0 Å². The van der Waals surface area contributed by atoms with Crippen molar-refractivity contribution in [2.75, 3.05) is 7.11 Å². The Balaban J connectivity index is 2.24. The molecule has 0 bridgehead atoms. The largest absolute Gasteiger partial charge is 0.497 e. The van der Waals surface area contributed by atoms with Crippen molar-refractivity contribution in [2.24, 2.45) is 4.99 Å². The highest BCUT2D eigenvalue weighted by Gasteiger charge is 1.99. The van der Waals surface area contributed by atoms with Crippen LogP contribution < -0.4 is 4.74 Å². The summed E-state index contributed by atoms with van der Waals surface area (Å²) >= 11 is 0. The summed E-state index contributed by atoms with van der Waals surface area (Å²) < 4.78 is 17.8. The van der Waals surface area contributed by atoms with Crippen molar-refractivity contribution in [2.45, 2.75) is 6.61 Å². The second kappa shape index (κ2) is 6.06. The van der Waals surface area contributed by atoms with Gasteiger partial charge in [0.15, 0.2) is 0 Å². The topological polar surface area (TPSA) is 54.7 Å². The molecule has 2 aromatic rings. The molecule has 0 aliphatic heterocycles. The van der Waals surface area contributed by atoms with Gasteiger partial charge in [0.05, 0.1) is 19.4 Å². The van der Waals surface area contributed by atoms with Crippen LogP contribution in [-0.2, 0) is 6.61 Å². The molecule has 0 aliphatic rings. The van der Waals surface area contributed by atoms with Crippen molar-refractivity contribution in [3.63, 3.8) is 0 Å². The number of nitrogens with zero attached hydrogens (tertiary/aromatic N) is 2. The maximum Gasteiger partial charge on any atom is 0.212 e. The zero-order valence-electron chi connectivity index (χ0n) is 10.4. The number of aliphatic hydroxyl groups excluding tert-OH is 1. The van der Waals surface area contributed by atoms with Gasteiger partial charge in [0.1, 0.15) is 5.75 Å². The number of aliphatic imine (C=N–C) groups is 1. The van der Waals surface area contributed by atoms with Crippen LogP contribution in [0.4, 0.5) is 10.1 Å². The minimum absolute atomic E-state index is 0.0855. The molecule has 1 aromatic heterocycles. The lowest BCUT2D eigenvalue weighted by Crippen LogP contribution is -1.88. The summed E-state index contributed by atoms with van der Waals surface area (Å²) in [4.78, 5) is 7.78. The standard InChI is InChI=1S/C14H13FN2O2/c1-19-13-5-11(9-18)4-12(6-13)16-7-10-2-3-14(15)17-8-10/h2-8,18H,9H2,1H3/b16-7+. The van der Waals surface area contributed by atoms with Crippen LogP contribution in [0.3, 0.4) is 0 Å². The minimum atomic E-state index is -0.527. The van der Waals surface area contributed by atoms with Gasteiger partial charge in [-0.05, 0) is 29.8 Å². The molecule has 0 unspecified atom stereocenters. The molecule has 0 saturated carbocycles. The number of rotatable bonds is 4. The van der Waals surface area contributed by atoms with Crippen LogP contribution in [0, 0.1) is 5.95 Å². The molecule has 4 nitrogen and oxygen atoms in total. The number of hydrogen-bond acceptors (Lipinski definition) is 4. The van der Waals surface area contributed by atoms with Gasteiger partial charge >= 0.3 is 0 Å². The quantitative estimate of drug-likeness (QED) is 0.678. The molecule has 0 aliphatic carbocycles. The molecule has 2 rings (SSSR count). The van der Waals surface area contributed by atoms with E-state index in [4.69, 9.17) is 9.84 Å². The average molecular weight is 260 g/mol. The second-order valence-corrected chi connectivity index (χ2v) is 3.87. The van der Waals surface area contributed by atoms with Crippen molar-refractivity contribution in [1.82, 2.24) is 4.98 Å². The summed E-state index contributed by atoms with van der Waals surface area (Å²) in [5, 5.41) is 9.14. The number of benzene rings is 1. The van der Waals surface area contributed by atoms with Crippen molar-refractivity contribution in [3.8, 4) is 5.75 Å². The van der Waals surface area contributed by atoms with E-state index in [2.05, 4.69) is 9.98 Å². The fraction of sp³-hybridized carbons (Fsp3) is 0.143. The zero-order chi connectivity index (χ0) is 13.7. The molecule has 1 heterocycles. The molecule has 0 amide bonds. The zero-order valence-corrected chi connectivity index (χ0v) is 10.4. The average Bonchev–Trinajstić information content (AvgIpc) is 2.46. The minimum Gasteiger partial charge on any atom is -0.497 e. The first kappa shape index (κ1) is 13.2. The second-order valence-electron chi connectivity index (χ2n) is 3.87. The van der Waals surface area contributed by atoms with E-state index in [1.54, 1.807) is 37.6 Å². The highest BCUT2D eigenvalue weighted by molar-refractivity contribution is 5.81. The van der Waals surface area contributed by atoms with Gasteiger partial charge in [-0.2, -0.15) is 4.39 Å². The highest BCUT2D eigenvalue weighted by atomic mass is 19.1. The third kappa shape index (κ3) is 3.59. The first-order chi connectivity index (χ1) is 9.21. The Morgan fingerprint density at radius 1 is 1.37 bits per heavy atom.